The molecule has 1 aliphatic rings. The van der Waals surface area contributed by atoms with Gasteiger partial charge >= 0.3 is 11.9 Å². The van der Waals surface area contributed by atoms with Gasteiger partial charge in [-0.05, 0) is 23.3 Å². The summed E-state index contributed by atoms with van der Waals surface area (Å²) in [6, 6.07) is 7.57. The van der Waals surface area contributed by atoms with Crippen molar-refractivity contribution in [2.75, 3.05) is 0 Å². The van der Waals surface area contributed by atoms with Crippen LogP contribution in [0.2, 0.25) is 0 Å². The minimum atomic E-state index is -0.825. The predicted molar refractivity (Wildman–Crippen MR) is 110 cm³/mol. The smallest absolute Gasteiger partial charge is 0.331 e. The molecule has 7 heteroatoms. The SMILES string of the molecule is CC(=O)OC1Cc2ccccc2CC(OC(=O)C=Cc2cn(C)cn2)C=CCC1=O. The zero-order chi connectivity index (χ0) is 21.5. The molecule has 0 saturated carbocycles. The van der Waals surface area contributed by atoms with E-state index < -0.39 is 24.1 Å². The fourth-order valence-electron chi connectivity index (χ4n) is 3.27. The average Bonchev–Trinajstić information content (AvgIpc) is 3.11. The Balaban J connectivity index is 1.76. The number of hydrogen-bond donors (Lipinski definition) is 0. The number of ketones is 1. The number of aromatic nitrogens is 2. The Bertz CT molecular complexity index is 989. The molecule has 156 valence electrons. The highest BCUT2D eigenvalue weighted by molar-refractivity contribution is 5.87. The number of nitrogens with zero attached hydrogens (tertiary/aromatic N) is 2. The van der Waals surface area contributed by atoms with E-state index in [-0.39, 0.29) is 12.2 Å². The summed E-state index contributed by atoms with van der Waals surface area (Å²) in [7, 11) is 1.85. The highest BCUT2D eigenvalue weighted by Crippen LogP contribution is 2.19. The third-order valence-electron chi connectivity index (χ3n) is 4.66. The summed E-state index contributed by atoms with van der Waals surface area (Å²) in [5.41, 5.74) is 2.47. The van der Waals surface area contributed by atoms with E-state index in [4.69, 9.17) is 9.47 Å². The first-order valence-electron chi connectivity index (χ1n) is 9.70. The topological polar surface area (TPSA) is 87.5 Å². The minimum Gasteiger partial charge on any atom is -0.455 e. The normalized spacial score (nSPS) is 19.3. The molecule has 30 heavy (non-hydrogen) atoms. The molecule has 0 radical (unpaired) electrons. The Morgan fingerprint density at radius 1 is 1.17 bits per heavy atom. The van der Waals surface area contributed by atoms with Gasteiger partial charge in [0.15, 0.2) is 11.9 Å². The van der Waals surface area contributed by atoms with Gasteiger partial charge in [0.1, 0.15) is 6.10 Å². The molecule has 0 amide bonds. The van der Waals surface area contributed by atoms with Gasteiger partial charge < -0.3 is 14.0 Å². The molecule has 0 fully saturated rings. The van der Waals surface area contributed by atoms with Crippen molar-refractivity contribution in [3.63, 3.8) is 0 Å². The highest BCUT2D eigenvalue weighted by atomic mass is 16.5. The number of imidazole rings is 1. The number of rotatable bonds is 4. The van der Waals surface area contributed by atoms with E-state index in [0.29, 0.717) is 18.5 Å². The molecule has 1 aliphatic carbocycles. The first-order valence-corrected chi connectivity index (χ1v) is 9.70. The van der Waals surface area contributed by atoms with E-state index >= 15 is 0 Å². The molecule has 0 aliphatic heterocycles. The Morgan fingerprint density at radius 2 is 1.90 bits per heavy atom. The lowest BCUT2D eigenvalue weighted by molar-refractivity contribution is -0.152. The molecular formula is C23H24N2O5. The van der Waals surface area contributed by atoms with Crippen LogP contribution in [0, 0.1) is 0 Å². The second kappa shape index (κ2) is 9.82. The highest BCUT2D eigenvalue weighted by Gasteiger charge is 2.24. The standard InChI is InChI=1S/C23H24N2O5/c1-16(26)29-22-13-18-7-4-3-6-17(18)12-20(8-5-9-21(22)27)30-23(28)11-10-19-14-25(2)15-24-19/h3-8,10-11,14-15,20,22H,9,12-13H2,1-2H3. The second-order valence-electron chi connectivity index (χ2n) is 7.15. The number of carbonyl (C=O) groups is 3. The van der Waals surface area contributed by atoms with Crippen molar-refractivity contribution in [1.29, 1.82) is 0 Å². The lowest BCUT2D eigenvalue weighted by Crippen LogP contribution is -2.30. The van der Waals surface area contributed by atoms with Gasteiger partial charge in [0.25, 0.3) is 0 Å². The molecule has 3 rings (SSSR count). The molecule has 2 atom stereocenters. The van der Waals surface area contributed by atoms with Crippen LogP contribution in [0.1, 0.15) is 30.2 Å². The van der Waals surface area contributed by atoms with Crippen molar-refractivity contribution < 1.29 is 23.9 Å². The van der Waals surface area contributed by atoms with Crippen LogP contribution in [0.15, 0.2) is 55.0 Å². The summed E-state index contributed by atoms with van der Waals surface area (Å²) in [5.74, 6) is -1.18. The second-order valence-corrected chi connectivity index (χ2v) is 7.15. The molecule has 7 nitrogen and oxygen atoms in total. The van der Waals surface area contributed by atoms with Gasteiger partial charge in [-0.2, -0.15) is 0 Å². The van der Waals surface area contributed by atoms with E-state index in [1.165, 1.54) is 13.0 Å². The molecule has 1 heterocycles. The molecule has 0 bridgehead atoms. The maximum absolute atomic E-state index is 12.5. The Hall–Kier alpha value is -3.48. The van der Waals surface area contributed by atoms with Gasteiger partial charge in [-0.3, -0.25) is 9.59 Å². The van der Waals surface area contributed by atoms with Crippen molar-refractivity contribution in [3.05, 3.63) is 71.8 Å². The third kappa shape index (κ3) is 6.01. The Kier molecular flexibility index (Phi) is 6.95. The lowest BCUT2D eigenvalue weighted by atomic mass is 9.93. The summed E-state index contributed by atoms with van der Waals surface area (Å²) in [5, 5.41) is 0. The number of carbonyl (C=O) groups excluding carboxylic acids is 3. The monoisotopic (exact) mass is 408 g/mol. The van der Waals surface area contributed by atoms with Crippen LogP contribution >= 0.6 is 0 Å². The number of fused-ring (bicyclic) bond motifs is 1. The van der Waals surface area contributed by atoms with Crippen molar-refractivity contribution >= 4 is 23.8 Å². The van der Waals surface area contributed by atoms with Crippen LogP contribution in [0.5, 0.6) is 0 Å². The fourth-order valence-corrected chi connectivity index (χ4v) is 3.27. The number of aryl methyl sites for hydroxylation is 1. The molecule has 0 saturated heterocycles. The van der Waals surface area contributed by atoms with Crippen molar-refractivity contribution in [2.24, 2.45) is 7.05 Å². The maximum Gasteiger partial charge on any atom is 0.331 e. The Labute approximate surface area is 175 Å². The van der Waals surface area contributed by atoms with E-state index in [1.807, 2.05) is 31.3 Å². The molecule has 1 aromatic heterocycles. The molecule has 2 aromatic rings. The number of Topliss-reactive ketones (excluding diaryl/α,β-unsaturated/α-hetero) is 1. The fraction of sp³-hybridized carbons (Fsp3) is 0.304. The summed E-state index contributed by atoms with van der Waals surface area (Å²) < 4.78 is 12.6. The van der Waals surface area contributed by atoms with E-state index in [1.54, 1.807) is 35.3 Å². The van der Waals surface area contributed by atoms with Gasteiger partial charge in [-0.25, -0.2) is 9.78 Å². The largest absolute Gasteiger partial charge is 0.455 e. The number of ether oxygens (including phenoxy) is 2. The first kappa shape index (κ1) is 21.2. The molecule has 1 aromatic carbocycles. The zero-order valence-corrected chi connectivity index (χ0v) is 17.0. The van der Waals surface area contributed by atoms with Crippen LogP contribution in [0.25, 0.3) is 6.08 Å². The Morgan fingerprint density at radius 3 is 2.57 bits per heavy atom. The van der Waals surface area contributed by atoms with Gasteiger partial charge in [0, 0.05) is 45.5 Å². The number of benzene rings is 1. The average molecular weight is 408 g/mol. The predicted octanol–water partition coefficient (Wildman–Crippen LogP) is 2.59. The number of esters is 2. The minimum absolute atomic E-state index is 0.0952. The molecular weight excluding hydrogens is 384 g/mol. The summed E-state index contributed by atoms with van der Waals surface area (Å²) >= 11 is 0. The van der Waals surface area contributed by atoms with Crippen molar-refractivity contribution in [3.8, 4) is 0 Å². The molecule has 2 unspecified atom stereocenters. The number of hydrogen-bond acceptors (Lipinski definition) is 6. The summed E-state index contributed by atoms with van der Waals surface area (Å²) in [6.07, 6.45) is 9.22. The van der Waals surface area contributed by atoms with Crippen molar-refractivity contribution in [1.82, 2.24) is 9.55 Å². The van der Waals surface area contributed by atoms with Crippen LogP contribution in [-0.4, -0.2) is 39.5 Å². The van der Waals surface area contributed by atoms with Gasteiger partial charge in [-0.1, -0.05) is 30.3 Å². The molecule has 0 N–H and O–H groups in total. The van der Waals surface area contributed by atoms with Crippen LogP contribution in [-0.2, 0) is 43.7 Å². The van der Waals surface area contributed by atoms with Gasteiger partial charge in [-0.15, -0.1) is 0 Å². The first-order chi connectivity index (χ1) is 14.4. The summed E-state index contributed by atoms with van der Waals surface area (Å²) in [6.45, 7) is 1.29. The number of allylic oxidation sites excluding steroid dienone is 1. The quantitative estimate of drug-likeness (QED) is 0.439. The molecule has 0 spiro atoms. The van der Waals surface area contributed by atoms with Gasteiger partial charge in [0.05, 0.1) is 12.0 Å². The zero-order valence-electron chi connectivity index (χ0n) is 17.0. The maximum atomic E-state index is 12.5. The third-order valence-corrected chi connectivity index (χ3v) is 4.66. The van der Waals surface area contributed by atoms with E-state index in [0.717, 1.165) is 11.1 Å². The van der Waals surface area contributed by atoms with E-state index in [2.05, 4.69) is 4.98 Å². The van der Waals surface area contributed by atoms with Crippen LogP contribution < -0.4 is 0 Å². The van der Waals surface area contributed by atoms with Crippen molar-refractivity contribution in [2.45, 2.75) is 38.4 Å². The van der Waals surface area contributed by atoms with Crippen LogP contribution in [0.4, 0.5) is 0 Å². The van der Waals surface area contributed by atoms with E-state index in [9.17, 15) is 14.4 Å². The van der Waals surface area contributed by atoms with Crippen LogP contribution in [0.3, 0.4) is 0 Å². The lowest BCUT2D eigenvalue weighted by Gasteiger charge is -2.21. The van der Waals surface area contributed by atoms with Gasteiger partial charge in [0.2, 0.25) is 0 Å². The summed E-state index contributed by atoms with van der Waals surface area (Å²) in [4.78, 5) is 40.3.